The Morgan fingerprint density at radius 1 is 1.40 bits per heavy atom. The number of sulfonamides is 1. The van der Waals surface area contributed by atoms with E-state index in [-0.39, 0.29) is 6.10 Å². The van der Waals surface area contributed by atoms with Crippen molar-refractivity contribution in [2.24, 2.45) is 0 Å². The first-order valence-corrected chi connectivity index (χ1v) is 8.90. The molecule has 0 aromatic heterocycles. The van der Waals surface area contributed by atoms with E-state index in [0.717, 1.165) is 10.0 Å². The van der Waals surface area contributed by atoms with E-state index in [1.807, 2.05) is 36.4 Å². The Hall–Kier alpha value is -0.690. The number of nitrogens with zero attached hydrogens (tertiary/aromatic N) is 1. The van der Waals surface area contributed by atoms with Crippen molar-refractivity contribution in [2.75, 3.05) is 6.54 Å². The van der Waals surface area contributed by atoms with Gasteiger partial charge in [0.25, 0.3) is 0 Å². The van der Waals surface area contributed by atoms with Gasteiger partial charge in [-0.1, -0.05) is 46.3 Å². The van der Waals surface area contributed by atoms with Crippen molar-refractivity contribution in [2.45, 2.75) is 29.9 Å². The number of rotatable bonds is 2. The normalized spacial score (nSPS) is 37.5. The van der Waals surface area contributed by atoms with Crippen LogP contribution in [0.25, 0.3) is 0 Å². The molecule has 2 fully saturated rings. The van der Waals surface area contributed by atoms with Crippen LogP contribution in [-0.2, 0) is 21.3 Å². The zero-order valence-electron chi connectivity index (χ0n) is 10.7. The molecule has 6 heteroatoms. The van der Waals surface area contributed by atoms with Crippen molar-refractivity contribution in [1.82, 2.24) is 4.31 Å². The predicted octanol–water partition coefficient (Wildman–Crippen LogP) is 2.06. The van der Waals surface area contributed by atoms with Crippen LogP contribution in [0.3, 0.4) is 0 Å². The third-order valence-corrected chi connectivity index (χ3v) is 7.46. The van der Waals surface area contributed by atoms with Crippen molar-refractivity contribution in [1.29, 1.82) is 0 Å². The fourth-order valence-corrected chi connectivity index (χ4v) is 6.04. The molecule has 0 N–H and O–H groups in total. The summed E-state index contributed by atoms with van der Waals surface area (Å²) in [5.74, 6) is 0. The maximum Gasteiger partial charge on any atom is 0.220 e. The van der Waals surface area contributed by atoms with Gasteiger partial charge in [0.05, 0.1) is 6.10 Å². The number of hydrogen-bond donors (Lipinski definition) is 0. The lowest BCUT2D eigenvalue weighted by atomic mass is 9.94. The second-order valence-electron chi connectivity index (χ2n) is 5.60. The zero-order chi connectivity index (χ0) is 14.0. The Kier molecular flexibility index (Phi) is 2.71. The number of hydrogen-bond acceptors (Lipinski definition) is 3. The highest BCUT2D eigenvalue weighted by Crippen LogP contribution is 2.48. The lowest BCUT2D eigenvalue weighted by molar-refractivity contribution is 0.0298. The van der Waals surface area contributed by atoms with E-state index in [2.05, 4.69) is 15.9 Å². The standard InChI is InChI=1S/C14H14BrNO3S/c15-12-4-2-1-3-10(12)8-16-9-14-6-5-11(19-14)7-13(14)20(16,17)18/h1-6,11,13H,7-9H2/t11-,13+,14+/m1/s1. The monoisotopic (exact) mass is 355 g/mol. The Morgan fingerprint density at radius 2 is 2.20 bits per heavy atom. The largest absolute Gasteiger partial charge is 0.361 e. The average Bonchev–Trinajstić information content (AvgIpc) is 3.03. The average molecular weight is 356 g/mol. The first-order chi connectivity index (χ1) is 9.51. The number of halogens is 1. The first-order valence-electron chi connectivity index (χ1n) is 6.61. The quantitative estimate of drug-likeness (QED) is 0.763. The number of ether oxygens (including phenoxy) is 1. The van der Waals surface area contributed by atoms with Crippen molar-refractivity contribution < 1.29 is 13.2 Å². The SMILES string of the molecule is O=S1(=O)[C@H]2C[C@H]3C=C[C@@]2(CN1Cc1ccccc1Br)O3. The van der Waals surface area contributed by atoms with E-state index in [0.29, 0.717) is 19.5 Å². The Balaban J connectivity index is 1.68. The zero-order valence-corrected chi connectivity index (χ0v) is 13.1. The maximum atomic E-state index is 12.7. The molecule has 1 aromatic carbocycles. The fraction of sp³-hybridized carbons (Fsp3) is 0.429. The van der Waals surface area contributed by atoms with Crippen molar-refractivity contribution >= 4 is 26.0 Å². The van der Waals surface area contributed by atoms with E-state index in [1.54, 1.807) is 4.31 Å². The molecule has 0 amide bonds. The maximum absolute atomic E-state index is 12.7. The molecule has 4 nitrogen and oxygen atoms in total. The minimum atomic E-state index is -3.28. The highest BCUT2D eigenvalue weighted by Gasteiger charge is 2.63. The fourth-order valence-electron chi connectivity index (χ4n) is 3.42. The van der Waals surface area contributed by atoms with Crippen LogP contribution in [0.5, 0.6) is 0 Å². The number of fused-ring (bicyclic) bond motifs is 1. The minimum Gasteiger partial charge on any atom is -0.361 e. The summed E-state index contributed by atoms with van der Waals surface area (Å²) in [5.41, 5.74) is 0.371. The van der Waals surface area contributed by atoms with Crippen molar-refractivity contribution in [3.63, 3.8) is 0 Å². The van der Waals surface area contributed by atoms with Gasteiger partial charge in [0.1, 0.15) is 10.9 Å². The van der Waals surface area contributed by atoms with Crippen LogP contribution in [-0.4, -0.2) is 36.2 Å². The summed E-state index contributed by atoms with van der Waals surface area (Å²) in [4.78, 5) is 0. The topological polar surface area (TPSA) is 46.6 Å². The van der Waals surface area contributed by atoms with E-state index < -0.39 is 20.9 Å². The van der Waals surface area contributed by atoms with Gasteiger partial charge in [0.2, 0.25) is 10.0 Å². The van der Waals surface area contributed by atoms with E-state index in [4.69, 9.17) is 4.74 Å². The van der Waals surface area contributed by atoms with Crippen LogP contribution < -0.4 is 0 Å². The molecule has 20 heavy (non-hydrogen) atoms. The summed E-state index contributed by atoms with van der Waals surface area (Å²) < 4.78 is 33.7. The molecule has 3 atom stereocenters. The van der Waals surface area contributed by atoms with Crippen LogP contribution in [0.2, 0.25) is 0 Å². The van der Waals surface area contributed by atoms with Crippen molar-refractivity contribution in [3.8, 4) is 0 Å². The summed E-state index contributed by atoms with van der Waals surface area (Å²) in [6, 6.07) is 7.72. The summed E-state index contributed by atoms with van der Waals surface area (Å²) in [7, 11) is -3.28. The van der Waals surface area contributed by atoms with Crippen LogP contribution in [0.15, 0.2) is 40.9 Å². The Morgan fingerprint density at radius 3 is 2.90 bits per heavy atom. The van der Waals surface area contributed by atoms with Gasteiger partial charge in [0, 0.05) is 17.6 Å². The summed E-state index contributed by atoms with van der Waals surface area (Å²) in [6.07, 6.45) is 4.52. The molecule has 106 valence electrons. The molecule has 4 rings (SSSR count). The van der Waals surface area contributed by atoms with Crippen molar-refractivity contribution in [3.05, 3.63) is 46.5 Å². The van der Waals surface area contributed by atoms with Gasteiger partial charge in [-0.3, -0.25) is 0 Å². The molecular formula is C14H14BrNO3S. The van der Waals surface area contributed by atoms with Crippen LogP contribution in [0.1, 0.15) is 12.0 Å². The molecule has 2 bridgehead atoms. The third-order valence-electron chi connectivity index (χ3n) is 4.40. The van der Waals surface area contributed by atoms with Gasteiger partial charge in [-0.15, -0.1) is 0 Å². The molecule has 1 aromatic rings. The molecule has 1 spiro atoms. The molecule has 0 unspecified atom stereocenters. The highest BCUT2D eigenvalue weighted by molar-refractivity contribution is 9.10. The van der Waals surface area contributed by atoms with Crippen LogP contribution in [0.4, 0.5) is 0 Å². The van der Waals surface area contributed by atoms with Crippen LogP contribution in [0, 0.1) is 0 Å². The molecule has 3 aliphatic heterocycles. The molecule has 3 heterocycles. The predicted molar refractivity (Wildman–Crippen MR) is 78.6 cm³/mol. The third kappa shape index (κ3) is 1.68. The smallest absolute Gasteiger partial charge is 0.220 e. The van der Waals surface area contributed by atoms with Crippen LogP contribution >= 0.6 is 15.9 Å². The summed E-state index contributed by atoms with van der Waals surface area (Å²) >= 11 is 3.47. The van der Waals surface area contributed by atoms with Gasteiger partial charge in [-0.05, 0) is 18.1 Å². The Labute approximate surface area is 126 Å². The summed E-state index contributed by atoms with van der Waals surface area (Å²) in [5, 5.41) is -0.410. The van der Waals surface area contributed by atoms with Gasteiger partial charge in [-0.25, -0.2) is 8.42 Å². The van der Waals surface area contributed by atoms with E-state index in [1.165, 1.54) is 0 Å². The molecular weight excluding hydrogens is 342 g/mol. The second-order valence-corrected chi connectivity index (χ2v) is 8.57. The van der Waals surface area contributed by atoms with Gasteiger partial charge >= 0.3 is 0 Å². The molecule has 0 aliphatic carbocycles. The lowest BCUT2D eigenvalue weighted by Crippen LogP contribution is -2.36. The minimum absolute atomic E-state index is 0.0135. The number of benzene rings is 1. The van der Waals surface area contributed by atoms with E-state index >= 15 is 0 Å². The van der Waals surface area contributed by atoms with E-state index in [9.17, 15) is 8.42 Å². The second kappa shape index (κ2) is 4.16. The molecule has 0 saturated carbocycles. The lowest BCUT2D eigenvalue weighted by Gasteiger charge is -2.19. The molecule has 3 aliphatic rings. The Bertz CT molecular complexity index is 702. The molecule has 2 saturated heterocycles. The molecule has 0 radical (unpaired) electrons. The van der Waals surface area contributed by atoms with Gasteiger partial charge < -0.3 is 4.74 Å². The van der Waals surface area contributed by atoms with Gasteiger partial charge in [0.15, 0.2) is 0 Å². The highest BCUT2D eigenvalue weighted by atomic mass is 79.9. The van der Waals surface area contributed by atoms with Gasteiger partial charge in [-0.2, -0.15) is 4.31 Å². The summed E-state index contributed by atoms with van der Waals surface area (Å²) in [6.45, 7) is 0.818. The first kappa shape index (κ1) is 13.0.